The van der Waals surface area contributed by atoms with Crippen molar-refractivity contribution >= 4 is 71.1 Å². The Balaban J connectivity index is 1.37. The molecule has 7 aromatic rings. The fourth-order valence-corrected chi connectivity index (χ4v) is 7.73. The molecule has 1 aliphatic rings. The predicted molar refractivity (Wildman–Crippen MR) is 161 cm³/mol. The molecule has 0 atom stereocenters. The minimum Gasteiger partial charge on any atom is -0.308 e. The lowest BCUT2D eigenvalue weighted by Gasteiger charge is -2.33. The molecule has 0 spiro atoms. The van der Waals surface area contributed by atoms with E-state index in [0.29, 0.717) is 0 Å². The van der Waals surface area contributed by atoms with Crippen molar-refractivity contribution in [1.82, 2.24) is 0 Å². The molecule has 2 heterocycles. The quantitative estimate of drug-likeness (QED) is 0.229. The molecule has 0 aliphatic carbocycles. The van der Waals surface area contributed by atoms with Crippen LogP contribution < -0.4 is 4.90 Å². The zero-order valence-electron chi connectivity index (χ0n) is 19.9. The van der Waals surface area contributed by atoms with Crippen LogP contribution in [0.5, 0.6) is 0 Å². The Labute approximate surface area is 223 Å². The Kier molecular flexibility index (Phi) is 4.69. The van der Waals surface area contributed by atoms with Crippen LogP contribution in [0.3, 0.4) is 0 Å². The topological polar surface area (TPSA) is 3.24 Å². The minimum absolute atomic E-state index is 1.21. The van der Waals surface area contributed by atoms with Crippen molar-refractivity contribution in [2.45, 2.75) is 9.79 Å². The summed E-state index contributed by atoms with van der Waals surface area (Å²) in [4.78, 5) is 5.00. The Bertz CT molecular complexity index is 1940. The van der Waals surface area contributed by atoms with Gasteiger partial charge in [0.25, 0.3) is 0 Å². The van der Waals surface area contributed by atoms with Crippen LogP contribution in [0.1, 0.15) is 0 Å². The van der Waals surface area contributed by atoms with E-state index in [9.17, 15) is 0 Å². The van der Waals surface area contributed by atoms with Gasteiger partial charge in [0, 0.05) is 35.3 Å². The molecule has 1 nitrogen and oxygen atoms in total. The molecule has 6 aromatic carbocycles. The predicted octanol–water partition coefficient (Wildman–Crippen LogP) is 10.8. The van der Waals surface area contributed by atoms with E-state index in [2.05, 4.69) is 132 Å². The van der Waals surface area contributed by atoms with Crippen LogP contribution in [0.15, 0.2) is 137 Å². The highest BCUT2D eigenvalue weighted by Crippen LogP contribution is 2.53. The number of hydrogen-bond donors (Lipinski definition) is 0. The van der Waals surface area contributed by atoms with E-state index in [1.807, 2.05) is 23.1 Å². The highest BCUT2D eigenvalue weighted by atomic mass is 32.2. The zero-order chi connectivity index (χ0) is 24.3. The first kappa shape index (κ1) is 21.1. The summed E-state index contributed by atoms with van der Waals surface area (Å²) in [5.74, 6) is 0. The van der Waals surface area contributed by atoms with E-state index in [1.54, 1.807) is 0 Å². The summed E-state index contributed by atoms with van der Waals surface area (Å²) in [5.41, 5.74) is 6.20. The molecule has 0 radical (unpaired) electrons. The number of hydrogen-bond acceptors (Lipinski definition) is 3. The molecular formula is C34H21NS2. The highest BCUT2D eigenvalue weighted by Gasteiger charge is 2.25. The molecule has 8 rings (SSSR count). The molecule has 37 heavy (non-hydrogen) atoms. The largest absolute Gasteiger partial charge is 0.308 e. The fourth-order valence-electron chi connectivity index (χ4n) is 5.59. The lowest BCUT2D eigenvalue weighted by molar-refractivity contribution is 1.17. The molecule has 0 saturated carbocycles. The second-order valence-electron chi connectivity index (χ2n) is 9.36. The third kappa shape index (κ3) is 3.25. The van der Waals surface area contributed by atoms with Crippen molar-refractivity contribution in [1.29, 1.82) is 0 Å². The normalized spacial score (nSPS) is 12.7. The van der Waals surface area contributed by atoms with Crippen molar-refractivity contribution in [3.63, 3.8) is 0 Å². The number of thiophene rings is 1. The van der Waals surface area contributed by atoms with E-state index in [-0.39, 0.29) is 0 Å². The number of para-hydroxylation sites is 2. The number of rotatable bonds is 2. The molecule has 174 valence electrons. The summed E-state index contributed by atoms with van der Waals surface area (Å²) in [6, 6.07) is 46.5. The first-order valence-corrected chi connectivity index (χ1v) is 14.1. The van der Waals surface area contributed by atoms with Gasteiger partial charge in [0.1, 0.15) is 0 Å². The van der Waals surface area contributed by atoms with E-state index < -0.39 is 0 Å². The number of benzene rings is 6. The van der Waals surface area contributed by atoms with Crippen molar-refractivity contribution < 1.29 is 0 Å². The average molecular weight is 508 g/mol. The monoisotopic (exact) mass is 507 g/mol. The van der Waals surface area contributed by atoms with Gasteiger partial charge in [-0.3, -0.25) is 0 Å². The van der Waals surface area contributed by atoms with Crippen LogP contribution in [0.2, 0.25) is 0 Å². The maximum absolute atomic E-state index is 2.43. The smallest absolute Gasteiger partial charge is 0.0601 e. The lowest BCUT2D eigenvalue weighted by atomic mass is 9.95. The van der Waals surface area contributed by atoms with Crippen LogP contribution in [0.4, 0.5) is 17.1 Å². The number of nitrogens with zero attached hydrogens (tertiary/aromatic N) is 1. The Morgan fingerprint density at radius 3 is 1.84 bits per heavy atom. The third-order valence-electron chi connectivity index (χ3n) is 7.26. The van der Waals surface area contributed by atoms with E-state index >= 15 is 0 Å². The van der Waals surface area contributed by atoms with Crippen LogP contribution in [-0.4, -0.2) is 0 Å². The van der Waals surface area contributed by atoms with Crippen LogP contribution >= 0.6 is 23.1 Å². The third-order valence-corrected chi connectivity index (χ3v) is 9.54. The lowest BCUT2D eigenvalue weighted by Crippen LogP contribution is -2.15. The summed E-state index contributed by atoms with van der Waals surface area (Å²) in [6.07, 6.45) is 0. The first-order chi connectivity index (χ1) is 18.3. The van der Waals surface area contributed by atoms with Crippen LogP contribution in [0.25, 0.3) is 42.1 Å². The molecule has 0 fully saturated rings. The van der Waals surface area contributed by atoms with Gasteiger partial charge in [0.05, 0.1) is 17.1 Å². The summed E-state index contributed by atoms with van der Waals surface area (Å²) in [7, 11) is 0. The molecule has 0 saturated heterocycles. The summed E-state index contributed by atoms with van der Waals surface area (Å²) in [5, 5.41) is 5.20. The average Bonchev–Trinajstić information content (AvgIpc) is 3.33. The Morgan fingerprint density at radius 2 is 1.05 bits per heavy atom. The minimum atomic E-state index is 1.21. The molecule has 3 heteroatoms. The van der Waals surface area contributed by atoms with Gasteiger partial charge in [-0.05, 0) is 65.0 Å². The van der Waals surface area contributed by atoms with Crippen LogP contribution in [-0.2, 0) is 0 Å². The molecule has 0 unspecified atom stereocenters. The molecule has 0 N–H and O–H groups in total. The van der Waals surface area contributed by atoms with Gasteiger partial charge in [0.2, 0.25) is 0 Å². The SMILES string of the molecule is c1ccc2c(c1)Sc1ccccc1N2c1ccc(-c2ccc3sc4ccccc4c3c2)c2ccccc12. The molecule has 0 bridgehead atoms. The second-order valence-corrected chi connectivity index (χ2v) is 11.5. The molecular weight excluding hydrogens is 487 g/mol. The Hall–Kier alpha value is -4.05. The highest BCUT2D eigenvalue weighted by molar-refractivity contribution is 7.99. The van der Waals surface area contributed by atoms with Crippen molar-refractivity contribution in [2.24, 2.45) is 0 Å². The summed E-state index contributed by atoms with van der Waals surface area (Å²) >= 11 is 3.72. The first-order valence-electron chi connectivity index (χ1n) is 12.4. The standard InChI is InChI=1S/C34H21NS2/c1-2-10-25-24(9-1)23(22-17-20-32-27(21-22)26-11-3-6-14-31(26)36-32)18-19-28(25)35-29-12-4-7-15-33(29)37-34-16-8-5-13-30(34)35/h1-21H. The maximum atomic E-state index is 2.43. The Morgan fingerprint density at radius 1 is 0.432 bits per heavy atom. The van der Waals surface area contributed by atoms with Crippen LogP contribution in [0, 0.1) is 0 Å². The molecule has 1 aromatic heterocycles. The zero-order valence-corrected chi connectivity index (χ0v) is 21.5. The fraction of sp³-hybridized carbons (Fsp3) is 0. The van der Waals surface area contributed by atoms with Gasteiger partial charge in [-0.15, -0.1) is 11.3 Å². The maximum Gasteiger partial charge on any atom is 0.0601 e. The van der Waals surface area contributed by atoms with Gasteiger partial charge in [-0.2, -0.15) is 0 Å². The van der Waals surface area contributed by atoms with Crippen molar-refractivity contribution in [3.05, 3.63) is 127 Å². The second kappa shape index (κ2) is 8.24. The van der Waals surface area contributed by atoms with Gasteiger partial charge in [-0.25, -0.2) is 0 Å². The van der Waals surface area contributed by atoms with E-state index in [1.165, 1.54) is 68.9 Å². The van der Waals surface area contributed by atoms with Gasteiger partial charge in [0.15, 0.2) is 0 Å². The van der Waals surface area contributed by atoms with Gasteiger partial charge in [-0.1, -0.05) is 90.6 Å². The van der Waals surface area contributed by atoms with Crippen molar-refractivity contribution in [2.75, 3.05) is 4.90 Å². The van der Waals surface area contributed by atoms with Crippen molar-refractivity contribution in [3.8, 4) is 11.1 Å². The van der Waals surface area contributed by atoms with E-state index in [0.717, 1.165) is 0 Å². The number of anilines is 3. The number of fused-ring (bicyclic) bond motifs is 6. The molecule has 0 amide bonds. The molecule has 1 aliphatic heterocycles. The van der Waals surface area contributed by atoms with E-state index in [4.69, 9.17) is 0 Å². The van der Waals surface area contributed by atoms with Gasteiger partial charge < -0.3 is 4.90 Å². The van der Waals surface area contributed by atoms with Gasteiger partial charge >= 0.3 is 0 Å². The summed E-state index contributed by atoms with van der Waals surface area (Å²) < 4.78 is 2.68. The summed E-state index contributed by atoms with van der Waals surface area (Å²) in [6.45, 7) is 0.